The van der Waals surface area contributed by atoms with Crippen LogP contribution < -0.4 is 19.6 Å². The molecule has 196 valence electrons. The zero-order valence-corrected chi connectivity index (χ0v) is 23.0. The Morgan fingerprint density at radius 2 is 1.66 bits per heavy atom. The summed E-state index contributed by atoms with van der Waals surface area (Å²) in [4.78, 5) is 13.7. The SMILES string of the molecule is COc1cc(-c2nnc(SCC(=O)NN=Cc3ccc(SC)cc3)n2-c2ccccc2)cc(OC)c1OC. The van der Waals surface area contributed by atoms with E-state index in [4.69, 9.17) is 14.2 Å². The minimum atomic E-state index is -0.260. The first-order valence-corrected chi connectivity index (χ1v) is 13.7. The Morgan fingerprint density at radius 1 is 0.974 bits per heavy atom. The molecule has 1 N–H and O–H groups in total. The second kappa shape index (κ2) is 13.0. The van der Waals surface area contributed by atoms with Crippen molar-refractivity contribution < 1.29 is 19.0 Å². The van der Waals surface area contributed by atoms with Crippen LogP contribution in [0.3, 0.4) is 0 Å². The molecule has 0 aliphatic carbocycles. The number of rotatable bonds is 11. The van der Waals surface area contributed by atoms with Gasteiger partial charge in [0.05, 0.1) is 33.3 Å². The number of carbonyl (C=O) groups excluding carboxylic acids is 1. The summed E-state index contributed by atoms with van der Waals surface area (Å²) in [6.07, 6.45) is 3.63. The van der Waals surface area contributed by atoms with E-state index in [0.717, 1.165) is 16.1 Å². The van der Waals surface area contributed by atoms with Gasteiger partial charge in [-0.05, 0) is 48.2 Å². The Balaban J connectivity index is 1.56. The third kappa shape index (κ3) is 6.29. The second-order valence-corrected chi connectivity index (χ2v) is 9.57. The molecule has 0 aliphatic rings. The van der Waals surface area contributed by atoms with Gasteiger partial charge < -0.3 is 14.2 Å². The molecule has 0 spiro atoms. The van der Waals surface area contributed by atoms with E-state index in [-0.39, 0.29) is 11.7 Å². The molecule has 1 heterocycles. The number of hydrogen-bond acceptors (Lipinski definition) is 9. The maximum absolute atomic E-state index is 12.5. The van der Waals surface area contributed by atoms with Gasteiger partial charge in [-0.2, -0.15) is 5.10 Å². The van der Waals surface area contributed by atoms with E-state index in [9.17, 15) is 4.79 Å². The van der Waals surface area contributed by atoms with Crippen LogP contribution in [0, 0.1) is 0 Å². The lowest BCUT2D eigenvalue weighted by atomic mass is 10.1. The summed E-state index contributed by atoms with van der Waals surface area (Å²) in [5.41, 5.74) is 5.02. The molecule has 0 saturated carbocycles. The molecule has 1 amide bonds. The van der Waals surface area contributed by atoms with Crippen LogP contribution in [-0.4, -0.2) is 60.2 Å². The highest BCUT2D eigenvalue weighted by Gasteiger charge is 2.21. The summed E-state index contributed by atoms with van der Waals surface area (Å²) in [5.74, 6) is 1.88. The largest absolute Gasteiger partial charge is 0.493 e. The van der Waals surface area contributed by atoms with Crippen molar-refractivity contribution in [1.29, 1.82) is 0 Å². The zero-order chi connectivity index (χ0) is 26.9. The van der Waals surface area contributed by atoms with Crippen molar-refractivity contribution in [2.75, 3.05) is 33.3 Å². The number of hydrogen-bond donors (Lipinski definition) is 1. The highest BCUT2D eigenvalue weighted by Crippen LogP contribution is 2.41. The Kier molecular flexibility index (Phi) is 9.28. The Morgan fingerprint density at radius 3 is 2.26 bits per heavy atom. The van der Waals surface area contributed by atoms with Gasteiger partial charge in [-0.25, -0.2) is 5.43 Å². The van der Waals surface area contributed by atoms with Crippen molar-refractivity contribution in [3.05, 3.63) is 72.3 Å². The fourth-order valence-electron chi connectivity index (χ4n) is 3.60. The predicted molar refractivity (Wildman–Crippen MR) is 151 cm³/mol. The highest BCUT2D eigenvalue weighted by molar-refractivity contribution is 7.99. The van der Waals surface area contributed by atoms with Gasteiger partial charge in [0.25, 0.3) is 5.91 Å². The molecule has 0 fully saturated rings. The van der Waals surface area contributed by atoms with E-state index in [0.29, 0.717) is 33.8 Å². The highest BCUT2D eigenvalue weighted by atomic mass is 32.2. The number of ether oxygens (including phenoxy) is 3. The van der Waals surface area contributed by atoms with E-state index < -0.39 is 0 Å². The molecule has 0 aliphatic heterocycles. The van der Waals surface area contributed by atoms with E-state index in [1.54, 1.807) is 39.3 Å². The van der Waals surface area contributed by atoms with Crippen LogP contribution in [0.5, 0.6) is 17.2 Å². The van der Waals surface area contributed by atoms with Crippen LogP contribution in [0.2, 0.25) is 0 Å². The van der Waals surface area contributed by atoms with Crippen molar-refractivity contribution in [2.45, 2.75) is 10.1 Å². The molecule has 0 unspecified atom stereocenters. The molecule has 11 heteroatoms. The molecule has 0 atom stereocenters. The van der Waals surface area contributed by atoms with Crippen molar-refractivity contribution in [3.8, 4) is 34.3 Å². The van der Waals surface area contributed by atoms with Crippen LogP contribution in [0.15, 0.2) is 81.9 Å². The van der Waals surface area contributed by atoms with Gasteiger partial charge in [-0.1, -0.05) is 42.1 Å². The van der Waals surface area contributed by atoms with E-state index in [2.05, 4.69) is 20.7 Å². The van der Waals surface area contributed by atoms with Gasteiger partial charge in [0.1, 0.15) is 0 Å². The van der Waals surface area contributed by atoms with E-state index >= 15 is 0 Å². The average molecular weight is 550 g/mol. The molecular formula is C27H27N5O4S2. The fraction of sp³-hybridized carbons (Fsp3) is 0.185. The number of amides is 1. The first-order valence-electron chi connectivity index (χ1n) is 11.5. The lowest BCUT2D eigenvalue weighted by Crippen LogP contribution is -2.20. The number of hydrazone groups is 1. The van der Waals surface area contributed by atoms with Crippen molar-refractivity contribution >= 4 is 35.6 Å². The summed E-state index contributed by atoms with van der Waals surface area (Å²) < 4.78 is 18.4. The number of para-hydroxylation sites is 1. The molecular weight excluding hydrogens is 522 g/mol. The van der Waals surface area contributed by atoms with Crippen molar-refractivity contribution in [2.24, 2.45) is 5.10 Å². The smallest absolute Gasteiger partial charge is 0.250 e. The lowest BCUT2D eigenvalue weighted by molar-refractivity contribution is -0.118. The van der Waals surface area contributed by atoms with E-state index in [1.165, 1.54) is 11.8 Å². The Bertz CT molecular complexity index is 1380. The Hall–Kier alpha value is -3.96. The van der Waals surface area contributed by atoms with Crippen LogP contribution in [0.25, 0.3) is 17.1 Å². The molecule has 38 heavy (non-hydrogen) atoms. The van der Waals surface area contributed by atoms with Crippen LogP contribution >= 0.6 is 23.5 Å². The lowest BCUT2D eigenvalue weighted by Gasteiger charge is -2.15. The predicted octanol–water partition coefficient (Wildman–Crippen LogP) is 4.92. The number of thioether (sulfide) groups is 2. The van der Waals surface area contributed by atoms with Gasteiger partial charge in [0, 0.05) is 16.1 Å². The topological polar surface area (TPSA) is 99.9 Å². The first kappa shape index (κ1) is 27.1. The Labute approximate surface area is 229 Å². The van der Waals surface area contributed by atoms with Crippen LogP contribution in [0.1, 0.15) is 5.56 Å². The number of nitrogens with zero attached hydrogens (tertiary/aromatic N) is 4. The number of benzene rings is 3. The second-order valence-electron chi connectivity index (χ2n) is 7.75. The number of methoxy groups -OCH3 is 3. The van der Waals surface area contributed by atoms with Crippen LogP contribution in [-0.2, 0) is 4.79 Å². The summed E-state index contributed by atoms with van der Waals surface area (Å²) in [5, 5.41) is 13.4. The normalized spacial score (nSPS) is 10.9. The maximum atomic E-state index is 12.5. The molecule has 1 aromatic heterocycles. The summed E-state index contributed by atoms with van der Waals surface area (Å²) >= 11 is 2.93. The van der Waals surface area contributed by atoms with Crippen molar-refractivity contribution in [3.63, 3.8) is 0 Å². The minimum absolute atomic E-state index is 0.100. The molecule has 3 aromatic carbocycles. The fourth-order valence-corrected chi connectivity index (χ4v) is 4.75. The molecule has 0 radical (unpaired) electrons. The molecule has 9 nitrogen and oxygen atoms in total. The first-order chi connectivity index (χ1) is 18.6. The maximum Gasteiger partial charge on any atom is 0.250 e. The quantitative estimate of drug-likeness (QED) is 0.160. The summed E-state index contributed by atoms with van der Waals surface area (Å²) in [6, 6.07) is 21.2. The molecule has 4 rings (SSSR count). The monoisotopic (exact) mass is 549 g/mol. The third-order valence-electron chi connectivity index (χ3n) is 5.42. The molecule has 0 bridgehead atoms. The average Bonchev–Trinajstić information content (AvgIpc) is 3.40. The van der Waals surface area contributed by atoms with E-state index in [1.807, 2.05) is 77.6 Å². The number of aromatic nitrogens is 3. The molecule has 0 saturated heterocycles. The van der Waals surface area contributed by atoms with Gasteiger partial charge in [0.2, 0.25) is 5.75 Å². The standard InChI is InChI=1S/C27H27N5O4S2/c1-34-22-14-19(15-23(35-2)25(22)36-3)26-30-31-27(32(26)20-8-6-5-7-9-20)38-17-24(33)29-28-16-18-10-12-21(37-4)13-11-18/h5-16H,17H2,1-4H3,(H,29,33). The minimum Gasteiger partial charge on any atom is -0.493 e. The van der Waals surface area contributed by atoms with Gasteiger partial charge in [0.15, 0.2) is 22.5 Å². The van der Waals surface area contributed by atoms with Gasteiger partial charge >= 0.3 is 0 Å². The van der Waals surface area contributed by atoms with Crippen LogP contribution in [0.4, 0.5) is 0 Å². The molecule has 4 aromatic rings. The summed E-state index contributed by atoms with van der Waals surface area (Å²) in [6.45, 7) is 0. The van der Waals surface area contributed by atoms with Crippen molar-refractivity contribution in [1.82, 2.24) is 20.2 Å². The number of carbonyl (C=O) groups is 1. The van der Waals surface area contributed by atoms with Gasteiger partial charge in [-0.3, -0.25) is 9.36 Å². The summed E-state index contributed by atoms with van der Waals surface area (Å²) in [7, 11) is 4.67. The van der Waals surface area contributed by atoms with Gasteiger partial charge in [-0.15, -0.1) is 22.0 Å². The number of nitrogens with one attached hydrogen (secondary N) is 1. The zero-order valence-electron chi connectivity index (χ0n) is 21.4. The third-order valence-corrected chi connectivity index (χ3v) is 7.09.